The number of hydrogen-bond acceptors (Lipinski definition) is 4. The van der Waals surface area contributed by atoms with Gasteiger partial charge in [0.15, 0.2) is 5.65 Å². The zero-order chi connectivity index (χ0) is 20.5. The molecule has 1 aliphatic heterocycles. The maximum absolute atomic E-state index is 13.4. The van der Waals surface area contributed by atoms with Crippen molar-refractivity contribution in [2.45, 2.75) is 40.5 Å². The Morgan fingerprint density at radius 3 is 2.79 bits per heavy atom. The first kappa shape index (κ1) is 19.4. The van der Waals surface area contributed by atoms with Gasteiger partial charge in [-0.3, -0.25) is 4.79 Å². The Kier molecular flexibility index (Phi) is 5.22. The summed E-state index contributed by atoms with van der Waals surface area (Å²) < 4.78 is 0. The molecule has 2 aromatic heterocycles. The molecule has 0 unspecified atom stereocenters. The third kappa shape index (κ3) is 3.82. The minimum absolute atomic E-state index is 0.0410. The van der Waals surface area contributed by atoms with Crippen molar-refractivity contribution in [3.8, 4) is 0 Å². The Balaban J connectivity index is 1.83. The Morgan fingerprint density at radius 2 is 2.00 bits per heavy atom. The summed E-state index contributed by atoms with van der Waals surface area (Å²) in [6.07, 6.45) is 3.91. The number of amides is 1. The molecule has 0 aliphatic carbocycles. The quantitative estimate of drug-likeness (QED) is 0.672. The number of fused-ring (bicyclic) bond motifs is 1. The van der Waals surface area contributed by atoms with Crippen LogP contribution in [0.5, 0.6) is 0 Å². The van der Waals surface area contributed by atoms with E-state index >= 15 is 0 Å². The molecular weight excluding hydrogens is 360 g/mol. The van der Waals surface area contributed by atoms with Crippen LogP contribution in [0.1, 0.15) is 46.9 Å². The summed E-state index contributed by atoms with van der Waals surface area (Å²) in [6, 6.07) is 10.2. The van der Waals surface area contributed by atoms with Gasteiger partial charge in [0.05, 0.1) is 11.3 Å². The number of nitrogens with zero attached hydrogens (tertiary/aromatic N) is 3. The molecule has 0 spiro atoms. The molecule has 0 saturated carbocycles. The molecule has 5 heteroatoms. The number of rotatable bonds is 3. The second-order valence-electron chi connectivity index (χ2n) is 8.24. The average Bonchev–Trinajstić information content (AvgIpc) is 2.71. The first-order valence-electron chi connectivity index (χ1n) is 10.3. The predicted molar refractivity (Wildman–Crippen MR) is 118 cm³/mol. The molecule has 3 heterocycles. The maximum atomic E-state index is 13.4. The molecule has 0 radical (unpaired) electrons. The second kappa shape index (κ2) is 7.82. The number of aromatic nitrogens is 2. The number of hydrogen-bond donors (Lipinski definition) is 1. The zero-order valence-corrected chi connectivity index (χ0v) is 17.6. The molecule has 150 valence electrons. The lowest BCUT2D eigenvalue weighted by molar-refractivity contribution is 0.0684. The zero-order valence-electron chi connectivity index (χ0n) is 17.6. The summed E-state index contributed by atoms with van der Waals surface area (Å²) in [4.78, 5) is 24.5. The van der Waals surface area contributed by atoms with Gasteiger partial charge in [-0.15, -0.1) is 0 Å². The van der Waals surface area contributed by atoms with Gasteiger partial charge in [0.25, 0.3) is 5.91 Å². The van der Waals surface area contributed by atoms with Crippen molar-refractivity contribution in [2.75, 3.05) is 18.4 Å². The van der Waals surface area contributed by atoms with Gasteiger partial charge in [0, 0.05) is 36.1 Å². The first-order valence-corrected chi connectivity index (χ1v) is 10.3. The monoisotopic (exact) mass is 388 g/mol. The van der Waals surface area contributed by atoms with Crippen LogP contribution in [0.2, 0.25) is 0 Å². The highest BCUT2D eigenvalue weighted by atomic mass is 16.2. The fraction of sp³-hybridized carbons (Fsp3) is 0.375. The minimum atomic E-state index is 0.0410. The van der Waals surface area contributed by atoms with Crippen LogP contribution in [0.3, 0.4) is 0 Å². The Bertz CT molecular complexity index is 1080. The van der Waals surface area contributed by atoms with E-state index in [4.69, 9.17) is 0 Å². The predicted octanol–water partition coefficient (Wildman–Crippen LogP) is 5.17. The van der Waals surface area contributed by atoms with E-state index in [1.54, 1.807) is 6.20 Å². The first-order chi connectivity index (χ1) is 13.9. The highest BCUT2D eigenvalue weighted by molar-refractivity contribution is 6.07. The molecule has 3 aromatic rings. The summed E-state index contributed by atoms with van der Waals surface area (Å²) in [7, 11) is 0. The highest BCUT2D eigenvalue weighted by Crippen LogP contribution is 2.32. The fourth-order valence-electron chi connectivity index (χ4n) is 4.03. The smallest absolute Gasteiger partial charge is 0.257 e. The van der Waals surface area contributed by atoms with E-state index < -0.39 is 0 Å². The van der Waals surface area contributed by atoms with Crippen molar-refractivity contribution in [2.24, 2.45) is 5.92 Å². The van der Waals surface area contributed by atoms with Crippen molar-refractivity contribution in [1.82, 2.24) is 14.9 Å². The van der Waals surface area contributed by atoms with Crippen LogP contribution in [0, 0.1) is 26.7 Å². The lowest BCUT2D eigenvalue weighted by atomic mass is 9.99. The van der Waals surface area contributed by atoms with Crippen LogP contribution in [0.15, 0.2) is 36.5 Å². The topological polar surface area (TPSA) is 58.1 Å². The van der Waals surface area contributed by atoms with Crippen LogP contribution < -0.4 is 5.32 Å². The number of pyridine rings is 2. The Morgan fingerprint density at radius 1 is 1.17 bits per heavy atom. The third-order valence-corrected chi connectivity index (χ3v) is 5.91. The largest absolute Gasteiger partial charge is 0.354 e. The average molecular weight is 389 g/mol. The van der Waals surface area contributed by atoms with E-state index in [1.807, 2.05) is 36.1 Å². The van der Waals surface area contributed by atoms with Crippen molar-refractivity contribution in [3.05, 3.63) is 58.9 Å². The molecule has 5 nitrogen and oxygen atoms in total. The van der Waals surface area contributed by atoms with E-state index in [9.17, 15) is 4.79 Å². The molecule has 1 N–H and O–H groups in total. The molecule has 1 aliphatic rings. The molecule has 29 heavy (non-hydrogen) atoms. The van der Waals surface area contributed by atoms with E-state index in [2.05, 4.69) is 42.1 Å². The molecule has 1 aromatic carbocycles. The number of nitrogens with one attached hydrogen (secondary N) is 1. The van der Waals surface area contributed by atoms with E-state index in [0.717, 1.165) is 42.0 Å². The van der Waals surface area contributed by atoms with E-state index in [1.165, 1.54) is 17.5 Å². The highest BCUT2D eigenvalue weighted by Gasteiger charge is 2.25. The molecular formula is C24H28N4O. The van der Waals surface area contributed by atoms with Gasteiger partial charge in [0.1, 0.15) is 0 Å². The standard InChI is InChI=1S/C24H28N4O/c1-15-7-6-12-28(14-15)24(29)20-13-25-23-19(11-10-17(3)26-23)22(20)27-21-9-5-8-16(2)18(21)4/h5,8-11,13,15H,6-7,12,14H2,1-4H3,(H,25,26,27)/t15-/m0/s1. The molecule has 0 bridgehead atoms. The van der Waals surface area contributed by atoms with Gasteiger partial charge in [-0.1, -0.05) is 19.1 Å². The molecule has 1 saturated heterocycles. The SMILES string of the molecule is Cc1ccc2c(Nc3cccc(C)c3C)c(C(=O)N3CCC[C@H](C)C3)cnc2n1. The van der Waals surface area contributed by atoms with Gasteiger partial charge in [-0.05, 0) is 68.9 Å². The van der Waals surface area contributed by atoms with E-state index in [-0.39, 0.29) is 5.91 Å². The minimum Gasteiger partial charge on any atom is -0.354 e. The fourth-order valence-corrected chi connectivity index (χ4v) is 4.03. The van der Waals surface area contributed by atoms with Crippen molar-refractivity contribution in [1.29, 1.82) is 0 Å². The number of anilines is 2. The summed E-state index contributed by atoms with van der Waals surface area (Å²) in [6.45, 7) is 9.95. The number of carbonyl (C=O) groups excluding carboxylic acids is 1. The van der Waals surface area contributed by atoms with Gasteiger partial charge in [-0.2, -0.15) is 0 Å². The van der Waals surface area contributed by atoms with Gasteiger partial charge in [0.2, 0.25) is 0 Å². The molecule has 1 atom stereocenters. The van der Waals surface area contributed by atoms with Crippen LogP contribution in [-0.2, 0) is 0 Å². The number of piperidine rings is 1. The molecule has 1 fully saturated rings. The Hall–Kier alpha value is -2.95. The number of likely N-dealkylation sites (tertiary alicyclic amines) is 1. The number of benzene rings is 1. The second-order valence-corrected chi connectivity index (χ2v) is 8.24. The van der Waals surface area contributed by atoms with Gasteiger partial charge < -0.3 is 10.2 Å². The van der Waals surface area contributed by atoms with Gasteiger partial charge >= 0.3 is 0 Å². The number of aryl methyl sites for hydroxylation is 2. The maximum Gasteiger partial charge on any atom is 0.257 e. The molecule has 1 amide bonds. The van der Waals surface area contributed by atoms with Crippen molar-refractivity contribution < 1.29 is 4.79 Å². The normalized spacial score (nSPS) is 16.8. The lowest BCUT2D eigenvalue weighted by Gasteiger charge is -2.31. The van der Waals surface area contributed by atoms with Crippen LogP contribution in [0.25, 0.3) is 11.0 Å². The summed E-state index contributed by atoms with van der Waals surface area (Å²) in [5, 5.41) is 4.42. The summed E-state index contributed by atoms with van der Waals surface area (Å²) >= 11 is 0. The third-order valence-electron chi connectivity index (χ3n) is 5.91. The Labute approximate surface area is 172 Å². The van der Waals surface area contributed by atoms with Crippen molar-refractivity contribution in [3.63, 3.8) is 0 Å². The van der Waals surface area contributed by atoms with Crippen LogP contribution >= 0.6 is 0 Å². The van der Waals surface area contributed by atoms with Crippen LogP contribution in [-0.4, -0.2) is 33.9 Å². The van der Waals surface area contributed by atoms with E-state index in [0.29, 0.717) is 17.1 Å². The van der Waals surface area contributed by atoms with Gasteiger partial charge in [-0.25, -0.2) is 9.97 Å². The summed E-state index contributed by atoms with van der Waals surface area (Å²) in [5.74, 6) is 0.570. The summed E-state index contributed by atoms with van der Waals surface area (Å²) in [5.41, 5.74) is 6.34. The number of carbonyl (C=O) groups is 1. The van der Waals surface area contributed by atoms with Crippen LogP contribution in [0.4, 0.5) is 11.4 Å². The lowest BCUT2D eigenvalue weighted by Crippen LogP contribution is -2.39. The molecule has 4 rings (SSSR count). The van der Waals surface area contributed by atoms with Crippen molar-refractivity contribution >= 4 is 28.3 Å².